The molecule has 1 aromatic carbocycles. The number of nitrogens with one attached hydrogen (secondary N) is 2. The van der Waals surface area contributed by atoms with Crippen molar-refractivity contribution < 1.29 is 0 Å². The Balaban J connectivity index is 1.69. The van der Waals surface area contributed by atoms with Gasteiger partial charge in [-0.25, -0.2) is 0 Å². The zero-order valence-corrected chi connectivity index (χ0v) is 12.6. The minimum atomic E-state index is 0.499. The first kappa shape index (κ1) is 13.5. The van der Waals surface area contributed by atoms with Crippen LogP contribution < -0.4 is 5.32 Å². The summed E-state index contributed by atoms with van der Waals surface area (Å²) in [6.07, 6.45) is 9.43. The third-order valence-electron chi connectivity index (χ3n) is 4.77. The van der Waals surface area contributed by atoms with Gasteiger partial charge in [0.1, 0.15) is 0 Å². The first-order chi connectivity index (χ1) is 10.9. The lowest BCUT2D eigenvalue weighted by Crippen LogP contribution is -2.30. The van der Waals surface area contributed by atoms with Crippen molar-refractivity contribution in [3.05, 3.63) is 66.1 Å². The van der Waals surface area contributed by atoms with Crippen LogP contribution in [-0.2, 0) is 6.42 Å². The molecule has 0 bridgehead atoms. The highest BCUT2D eigenvalue weighted by atomic mass is 14.9. The van der Waals surface area contributed by atoms with Crippen molar-refractivity contribution in [2.75, 3.05) is 6.54 Å². The molecule has 2 unspecified atom stereocenters. The highest BCUT2D eigenvalue weighted by Gasteiger charge is 2.26. The van der Waals surface area contributed by atoms with E-state index in [9.17, 15) is 0 Å². The van der Waals surface area contributed by atoms with Crippen LogP contribution in [0, 0.1) is 0 Å². The van der Waals surface area contributed by atoms with E-state index in [2.05, 4.69) is 45.6 Å². The second-order valence-electron chi connectivity index (χ2n) is 6.20. The number of pyridine rings is 1. The van der Waals surface area contributed by atoms with Crippen molar-refractivity contribution in [2.45, 2.75) is 31.2 Å². The molecule has 0 saturated carbocycles. The molecule has 112 valence electrons. The fraction of sp³-hybridized carbons (Fsp3) is 0.316. The van der Waals surface area contributed by atoms with Gasteiger partial charge in [-0.15, -0.1) is 0 Å². The molecule has 2 N–H and O–H groups in total. The number of aromatic amines is 1. The number of aromatic nitrogens is 2. The van der Waals surface area contributed by atoms with Gasteiger partial charge in [0.15, 0.2) is 0 Å². The smallest absolute Gasteiger partial charge is 0.0456 e. The molecule has 3 heteroatoms. The first-order valence-electron chi connectivity index (χ1n) is 8.09. The number of benzene rings is 1. The summed E-state index contributed by atoms with van der Waals surface area (Å²) < 4.78 is 0. The number of hydrogen-bond acceptors (Lipinski definition) is 2. The number of H-pyrrole nitrogens is 1. The van der Waals surface area contributed by atoms with Gasteiger partial charge in [-0.2, -0.15) is 0 Å². The van der Waals surface area contributed by atoms with E-state index in [1.54, 1.807) is 0 Å². The molecule has 1 fully saturated rings. The van der Waals surface area contributed by atoms with Gasteiger partial charge in [-0.05, 0) is 60.5 Å². The molecule has 1 saturated heterocycles. The molecule has 3 aromatic rings. The Labute approximate surface area is 130 Å². The van der Waals surface area contributed by atoms with Crippen LogP contribution in [0.1, 0.15) is 29.9 Å². The van der Waals surface area contributed by atoms with Crippen LogP contribution in [0.15, 0.2) is 55.0 Å². The van der Waals surface area contributed by atoms with Gasteiger partial charge in [-0.3, -0.25) is 4.98 Å². The number of rotatable bonds is 4. The Kier molecular flexibility index (Phi) is 3.65. The molecule has 3 nitrogen and oxygen atoms in total. The van der Waals surface area contributed by atoms with Crippen LogP contribution in [0.5, 0.6) is 0 Å². The average molecular weight is 291 g/mol. The molecular formula is C19H21N3. The number of hydrogen-bond donors (Lipinski definition) is 2. The molecule has 0 aliphatic carbocycles. The normalized spacial score (nSPS) is 19.5. The minimum Gasteiger partial charge on any atom is -0.361 e. The van der Waals surface area contributed by atoms with Gasteiger partial charge < -0.3 is 10.3 Å². The van der Waals surface area contributed by atoms with Crippen LogP contribution in [0.2, 0.25) is 0 Å². The molecular weight excluding hydrogens is 270 g/mol. The zero-order chi connectivity index (χ0) is 14.8. The number of nitrogens with zero attached hydrogens (tertiary/aromatic N) is 1. The topological polar surface area (TPSA) is 40.7 Å². The molecule has 2 atom stereocenters. The third-order valence-corrected chi connectivity index (χ3v) is 4.77. The molecule has 2 aromatic heterocycles. The predicted molar refractivity (Wildman–Crippen MR) is 90.0 cm³/mol. The molecule has 22 heavy (non-hydrogen) atoms. The average Bonchev–Trinajstić information content (AvgIpc) is 3.24. The summed E-state index contributed by atoms with van der Waals surface area (Å²) in [7, 11) is 0. The van der Waals surface area contributed by atoms with E-state index in [-0.39, 0.29) is 0 Å². The molecule has 3 heterocycles. The van der Waals surface area contributed by atoms with Crippen molar-refractivity contribution in [2.24, 2.45) is 0 Å². The maximum Gasteiger partial charge on any atom is 0.0456 e. The lowest BCUT2D eigenvalue weighted by atomic mass is 9.85. The predicted octanol–water partition coefficient (Wildman–Crippen LogP) is 3.64. The lowest BCUT2D eigenvalue weighted by Gasteiger charge is -2.24. The summed E-state index contributed by atoms with van der Waals surface area (Å²) in [6, 6.07) is 13.7. The van der Waals surface area contributed by atoms with E-state index in [1.807, 2.05) is 24.7 Å². The summed E-state index contributed by atoms with van der Waals surface area (Å²) in [4.78, 5) is 7.61. The van der Waals surface area contributed by atoms with Crippen LogP contribution in [0.3, 0.4) is 0 Å². The van der Waals surface area contributed by atoms with Crippen LogP contribution in [-0.4, -0.2) is 22.6 Å². The Morgan fingerprint density at radius 1 is 1.23 bits per heavy atom. The van der Waals surface area contributed by atoms with Crippen molar-refractivity contribution >= 4 is 10.9 Å². The second kappa shape index (κ2) is 5.93. The highest BCUT2D eigenvalue weighted by Crippen LogP contribution is 2.30. The summed E-state index contributed by atoms with van der Waals surface area (Å²) in [5.41, 5.74) is 3.96. The Bertz CT molecular complexity index is 741. The van der Waals surface area contributed by atoms with Gasteiger partial charge in [0.05, 0.1) is 0 Å². The van der Waals surface area contributed by atoms with E-state index in [0.717, 1.165) is 13.0 Å². The van der Waals surface area contributed by atoms with Crippen LogP contribution in [0.25, 0.3) is 10.9 Å². The van der Waals surface area contributed by atoms with E-state index >= 15 is 0 Å². The van der Waals surface area contributed by atoms with Gasteiger partial charge in [-0.1, -0.05) is 18.2 Å². The molecule has 4 rings (SSSR count). The van der Waals surface area contributed by atoms with Gasteiger partial charge >= 0.3 is 0 Å². The minimum absolute atomic E-state index is 0.499. The van der Waals surface area contributed by atoms with Crippen LogP contribution in [0.4, 0.5) is 0 Å². The maximum absolute atomic E-state index is 4.27. The Morgan fingerprint density at radius 2 is 2.23 bits per heavy atom. The van der Waals surface area contributed by atoms with Crippen LogP contribution >= 0.6 is 0 Å². The first-order valence-corrected chi connectivity index (χ1v) is 8.09. The standard InChI is InChI=1S/C19H21N3/c1-3-14(13-20-8-1)11-17(18-4-2-9-21-18)16-6-5-15-7-10-22-19(15)12-16/h1,3,5-8,10,12-13,17-18,21-22H,2,4,9,11H2. The summed E-state index contributed by atoms with van der Waals surface area (Å²) in [5, 5.41) is 4.97. The van der Waals surface area contributed by atoms with Gasteiger partial charge in [0, 0.05) is 36.1 Å². The highest BCUT2D eigenvalue weighted by molar-refractivity contribution is 5.80. The zero-order valence-electron chi connectivity index (χ0n) is 12.6. The van der Waals surface area contributed by atoms with Crippen molar-refractivity contribution in [3.63, 3.8) is 0 Å². The van der Waals surface area contributed by atoms with E-state index in [1.165, 1.54) is 34.9 Å². The van der Waals surface area contributed by atoms with Crippen molar-refractivity contribution in [1.82, 2.24) is 15.3 Å². The fourth-order valence-corrected chi connectivity index (χ4v) is 3.62. The lowest BCUT2D eigenvalue weighted by molar-refractivity contribution is 0.485. The molecule has 1 aliphatic heterocycles. The Morgan fingerprint density at radius 3 is 3.05 bits per heavy atom. The van der Waals surface area contributed by atoms with Gasteiger partial charge in [0.2, 0.25) is 0 Å². The summed E-state index contributed by atoms with van der Waals surface area (Å²) in [6.45, 7) is 1.14. The summed E-state index contributed by atoms with van der Waals surface area (Å²) >= 11 is 0. The van der Waals surface area contributed by atoms with Gasteiger partial charge in [0.25, 0.3) is 0 Å². The maximum atomic E-state index is 4.27. The number of fused-ring (bicyclic) bond motifs is 1. The quantitative estimate of drug-likeness (QED) is 0.770. The molecule has 0 radical (unpaired) electrons. The third kappa shape index (κ3) is 2.64. The fourth-order valence-electron chi connectivity index (χ4n) is 3.62. The monoisotopic (exact) mass is 291 g/mol. The molecule has 1 aliphatic rings. The molecule has 0 spiro atoms. The Hall–Kier alpha value is -2.13. The largest absolute Gasteiger partial charge is 0.361 e. The molecule has 0 amide bonds. The van der Waals surface area contributed by atoms with E-state index in [4.69, 9.17) is 0 Å². The summed E-state index contributed by atoms with van der Waals surface area (Å²) in [5.74, 6) is 0.499. The van der Waals surface area contributed by atoms with E-state index < -0.39 is 0 Å². The van der Waals surface area contributed by atoms with Crippen molar-refractivity contribution in [1.29, 1.82) is 0 Å². The SMILES string of the molecule is c1cncc(CC(c2ccc3cc[nH]c3c2)C2CCCN2)c1. The second-order valence-corrected chi connectivity index (χ2v) is 6.20. The van der Waals surface area contributed by atoms with Crippen molar-refractivity contribution in [3.8, 4) is 0 Å². The van der Waals surface area contributed by atoms with E-state index in [0.29, 0.717) is 12.0 Å².